The van der Waals surface area contributed by atoms with Crippen molar-refractivity contribution in [2.45, 2.75) is 6.42 Å². The molecule has 0 saturated carbocycles. The zero-order chi connectivity index (χ0) is 18.8. The lowest BCUT2D eigenvalue weighted by molar-refractivity contribution is 0.102. The van der Waals surface area contributed by atoms with Crippen LogP contribution in [0.3, 0.4) is 0 Å². The monoisotopic (exact) mass is 361 g/mol. The summed E-state index contributed by atoms with van der Waals surface area (Å²) in [6.45, 7) is 0. The minimum atomic E-state index is -0.243. The number of hydrogen-bond acceptors (Lipinski definition) is 4. The van der Waals surface area contributed by atoms with Crippen molar-refractivity contribution >= 4 is 22.8 Å². The first-order valence-electron chi connectivity index (χ1n) is 8.53. The Morgan fingerprint density at radius 2 is 2.00 bits per heavy atom. The summed E-state index contributed by atoms with van der Waals surface area (Å²) < 4.78 is 7.13. The highest BCUT2D eigenvalue weighted by Gasteiger charge is 2.12. The molecular formula is C20H19N5O2. The molecule has 27 heavy (non-hydrogen) atoms. The molecule has 2 aromatic carbocycles. The maximum atomic E-state index is 12.5. The third-order valence-electron chi connectivity index (χ3n) is 4.44. The summed E-state index contributed by atoms with van der Waals surface area (Å²) in [5, 5.41) is 10.8. The van der Waals surface area contributed by atoms with Crippen molar-refractivity contribution in [3.8, 4) is 5.75 Å². The number of fused-ring (bicyclic) bond motifs is 1. The fraction of sp³-hybridized carbons (Fsp3) is 0.150. The molecule has 0 unspecified atom stereocenters. The highest BCUT2D eigenvalue weighted by molar-refractivity contribution is 6.05. The zero-order valence-corrected chi connectivity index (χ0v) is 15.1. The van der Waals surface area contributed by atoms with Gasteiger partial charge >= 0.3 is 0 Å². The number of benzene rings is 2. The highest BCUT2D eigenvalue weighted by Crippen LogP contribution is 2.18. The number of anilines is 1. The van der Waals surface area contributed by atoms with Gasteiger partial charge in [0.05, 0.1) is 7.11 Å². The molecule has 4 rings (SSSR count). The van der Waals surface area contributed by atoms with E-state index in [1.54, 1.807) is 13.2 Å². The van der Waals surface area contributed by atoms with Crippen LogP contribution in [-0.2, 0) is 13.5 Å². The smallest absolute Gasteiger partial charge is 0.258 e. The first-order chi connectivity index (χ1) is 13.1. The van der Waals surface area contributed by atoms with E-state index in [1.165, 1.54) is 0 Å². The van der Waals surface area contributed by atoms with Crippen LogP contribution >= 0.6 is 0 Å². The molecule has 0 radical (unpaired) electrons. The van der Waals surface area contributed by atoms with Gasteiger partial charge in [0.1, 0.15) is 11.6 Å². The number of amides is 1. The van der Waals surface area contributed by atoms with E-state index in [0.29, 0.717) is 17.8 Å². The molecule has 2 aromatic heterocycles. The van der Waals surface area contributed by atoms with Gasteiger partial charge in [0.2, 0.25) is 5.95 Å². The van der Waals surface area contributed by atoms with Crippen LogP contribution in [0.25, 0.3) is 10.9 Å². The van der Waals surface area contributed by atoms with E-state index in [-0.39, 0.29) is 11.9 Å². The number of ether oxygens (including phenoxy) is 1. The fourth-order valence-corrected chi connectivity index (χ4v) is 2.94. The Bertz CT molecular complexity index is 1100. The number of hydrogen-bond donors (Lipinski definition) is 2. The van der Waals surface area contributed by atoms with Crippen molar-refractivity contribution in [2.75, 3.05) is 12.4 Å². The van der Waals surface area contributed by atoms with Crippen LogP contribution in [0.1, 0.15) is 21.7 Å². The van der Waals surface area contributed by atoms with E-state index in [1.807, 2.05) is 60.3 Å². The van der Waals surface area contributed by atoms with Gasteiger partial charge in [0, 0.05) is 30.7 Å². The van der Waals surface area contributed by atoms with Crippen molar-refractivity contribution in [3.05, 3.63) is 71.7 Å². The summed E-state index contributed by atoms with van der Waals surface area (Å²) in [5.41, 5.74) is 2.63. The number of methoxy groups -OCH3 is 1. The van der Waals surface area contributed by atoms with E-state index in [4.69, 9.17) is 4.74 Å². The number of rotatable bonds is 5. The molecule has 0 aliphatic carbocycles. The average molecular weight is 361 g/mol. The molecule has 0 aliphatic heterocycles. The van der Waals surface area contributed by atoms with Crippen molar-refractivity contribution < 1.29 is 9.53 Å². The SMILES string of the molecule is COc1ccc(Cc2nc(NC(=O)c3ccc4ccn(C)c4c3)n[nH]2)cc1. The first-order valence-corrected chi connectivity index (χ1v) is 8.53. The molecule has 0 atom stereocenters. The Morgan fingerprint density at radius 3 is 2.78 bits per heavy atom. The number of nitrogens with one attached hydrogen (secondary N) is 2. The molecule has 7 heteroatoms. The Morgan fingerprint density at radius 1 is 1.19 bits per heavy atom. The summed E-state index contributed by atoms with van der Waals surface area (Å²) >= 11 is 0. The third kappa shape index (κ3) is 3.52. The number of aromatic nitrogens is 4. The Labute approximate surface area is 156 Å². The molecule has 2 heterocycles. The number of H-pyrrole nitrogens is 1. The van der Waals surface area contributed by atoms with Crippen LogP contribution in [0, 0.1) is 0 Å². The molecule has 0 bridgehead atoms. The summed E-state index contributed by atoms with van der Waals surface area (Å²) in [6, 6.07) is 15.3. The van der Waals surface area contributed by atoms with Crippen LogP contribution in [0.15, 0.2) is 54.7 Å². The molecule has 0 spiro atoms. The van der Waals surface area contributed by atoms with E-state index >= 15 is 0 Å². The van der Waals surface area contributed by atoms with E-state index < -0.39 is 0 Å². The lowest BCUT2D eigenvalue weighted by atomic mass is 10.1. The molecule has 0 fully saturated rings. The van der Waals surface area contributed by atoms with Gasteiger partial charge in [-0.1, -0.05) is 18.2 Å². The number of carbonyl (C=O) groups is 1. The van der Waals surface area contributed by atoms with E-state index in [0.717, 1.165) is 22.2 Å². The van der Waals surface area contributed by atoms with Crippen LogP contribution < -0.4 is 10.1 Å². The molecule has 136 valence electrons. The maximum Gasteiger partial charge on any atom is 0.258 e. The van der Waals surface area contributed by atoms with Crippen molar-refractivity contribution in [3.63, 3.8) is 0 Å². The third-order valence-corrected chi connectivity index (χ3v) is 4.44. The number of aryl methyl sites for hydroxylation is 1. The van der Waals surface area contributed by atoms with Crippen LogP contribution in [-0.4, -0.2) is 32.8 Å². The van der Waals surface area contributed by atoms with Gasteiger partial charge < -0.3 is 9.30 Å². The highest BCUT2D eigenvalue weighted by atomic mass is 16.5. The molecule has 1 amide bonds. The van der Waals surface area contributed by atoms with Crippen LogP contribution in [0.4, 0.5) is 5.95 Å². The van der Waals surface area contributed by atoms with Crippen LogP contribution in [0.5, 0.6) is 5.75 Å². The van der Waals surface area contributed by atoms with Gasteiger partial charge in [0.25, 0.3) is 5.91 Å². The van der Waals surface area contributed by atoms with Gasteiger partial charge in [-0.25, -0.2) is 0 Å². The quantitative estimate of drug-likeness (QED) is 0.572. The van der Waals surface area contributed by atoms with E-state index in [9.17, 15) is 4.79 Å². The Kier molecular flexibility index (Phi) is 4.33. The second-order valence-electron chi connectivity index (χ2n) is 6.28. The van der Waals surface area contributed by atoms with Crippen molar-refractivity contribution in [1.82, 2.24) is 19.7 Å². The van der Waals surface area contributed by atoms with Gasteiger partial charge in [-0.3, -0.25) is 15.2 Å². The minimum Gasteiger partial charge on any atom is -0.497 e. The number of nitrogens with zero attached hydrogens (tertiary/aromatic N) is 3. The van der Waals surface area contributed by atoms with Gasteiger partial charge in [-0.15, -0.1) is 5.10 Å². The van der Waals surface area contributed by atoms with Gasteiger partial charge in [-0.2, -0.15) is 4.98 Å². The fourth-order valence-electron chi connectivity index (χ4n) is 2.94. The Balaban J connectivity index is 1.46. The summed E-state index contributed by atoms with van der Waals surface area (Å²) in [4.78, 5) is 16.8. The van der Waals surface area contributed by atoms with Crippen molar-refractivity contribution in [2.24, 2.45) is 7.05 Å². The lowest BCUT2D eigenvalue weighted by Crippen LogP contribution is -2.13. The lowest BCUT2D eigenvalue weighted by Gasteiger charge is -2.03. The topological polar surface area (TPSA) is 84.8 Å². The molecule has 0 aliphatic rings. The maximum absolute atomic E-state index is 12.5. The second-order valence-corrected chi connectivity index (χ2v) is 6.28. The predicted molar refractivity (Wildman–Crippen MR) is 103 cm³/mol. The van der Waals surface area contributed by atoms with E-state index in [2.05, 4.69) is 20.5 Å². The standard InChI is InChI=1S/C20H19N5O2/c1-25-10-9-14-5-6-15(12-17(14)25)19(26)22-20-21-18(23-24-20)11-13-3-7-16(27-2)8-4-13/h3-10,12H,11H2,1-2H3,(H2,21,22,23,24,26). The number of carbonyl (C=O) groups excluding carboxylic acids is 1. The molecule has 2 N–H and O–H groups in total. The summed E-state index contributed by atoms with van der Waals surface area (Å²) in [5.74, 6) is 1.50. The summed E-state index contributed by atoms with van der Waals surface area (Å²) in [6.07, 6.45) is 2.55. The van der Waals surface area contributed by atoms with Crippen LogP contribution in [0.2, 0.25) is 0 Å². The number of aromatic amines is 1. The zero-order valence-electron chi connectivity index (χ0n) is 15.1. The predicted octanol–water partition coefficient (Wildman–Crippen LogP) is 3.15. The molecular weight excluding hydrogens is 342 g/mol. The molecule has 0 saturated heterocycles. The largest absolute Gasteiger partial charge is 0.497 e. The molecule has 7 nitrogen and oxygen atoms in total. The van der Waals surface area contributed by atoms with Crippen molar-refractivity contribution in [1.29, 1.82) is 0 Å². The normalized spacial score (nSPS) is 10.9. The first kappa shape index (κ1) is 16.8. The summed E-state index contributed by atoms with van der Waals surface area (Å²) in [7, 11) is 3.58. The van der Waals surface area contributed by atoms with Gasteiger partial charge in [0.15, 0.2) is 0 Å². The Hall–Kier alpha value is -3.61. The minimum absolute atomic E-state index is 0.243. The molecule has 4 aromatic rings. The average Bonchev–Trinajstić information content (AvgIpc) is 3.28. The van der Waals surface area contributed by atoms with Gasteiger partial charge in [-0.05, 0) is 41.3 Å². The second kappa shape index (κ2) is 6.95.